The van der Waals surface area contributed by atoms with Gasteiger partial charge in [0.05, 0.1) is 18.7 Å². The maximum Gasteiger partial charge on any atom is 0.451 e. The van der Waals surface area contributed by atoms with Crippen LogP contribution in [0.25, 0.3) is 0 Å². The minimum Gasteiger partial charge on any atom is -0.361 e. The minimum absolute atomic E-state index is 0.0313. The van der Waals surface area contributed by atoms with E-state index in [-0.39, 0.29) is 25.4 Å². The van der Waals surface area contributed by atoms with E-state index < -0.39 is 17.7 Å². The highest BCUT2D eigenvalue weighted by Crippen LogP contribution is 2.25. The monoisotopic (exact) mass is 347 g/mol. The summed E-state index contributed by atoms with van der Waals surface area (Å²) in [6.07, 6.45) is -4.68. The van der Waals surface area contributed by atoms with Gasteiger partial charge in [-0.1, -0.05) is 5.16 Å². The number of amides is 1. The zero-order chi connectivity index (χ0) is 18.1. The number of aromatic nitrogens is 4. The van der Waals surface area contributed by atoms with Gasteiger partial charge in [-0.05, 0) is 13.8 Å². The molecule has 8 nitrogen and oxygen atoms in total. The first-order valence-corrected chi connectivity index (χ1v) is 7.00. The van der Waals surface area contributed by atoms with Crippen LogP contribution in [0.5, 0.6) is 0 Å². The smallest absolute Gasteiger partial charge is 0.361 e. The Balaban J connectivity index is 1.95. The Hall–Kier alpha value is -2.59. The summed E-state index contributed by atoms with van der Waals surface area (Å²) in [5, 5.41) is 9.49. The molecule has 0 bridgehead atoms. The summed E-state index contributed by atoms with van der Waals surface area (Å²) in [5.41, 5.74) is 0.350. The van der Waals surface area contributed by atoms with Crippen LogP contribution in [0.15, 0.2) is 9.32 Å². The van der Waals surface area contributed by atoms with Gasteiger partial charge in [-0.25, -0.2) is 9.48 Å². The third kappa shape index (κ3) is 3.66. The van der Waals surface area contributed by atoms with Crippen molar-refractivity contribution in [2.45, 2.75) is 33.0 Å². The summed E-state index contributed by atoms with van der Waals surface area (Å²) < 4.78 is 44.0. The molecule has 2 heterocycles. The number of carbonyl (C=O) groups excluding carboxylic acids is 1. The predicted molar refractivity (Wildman–Crippen MR) is 75.2 cm³/mol. The van der Waals surface area contributed by atoms with Crippen molar-refractivity contribution >= 4 is 5.91 Å². The molecule has 11 heteroatoms. The Morgan fingerprint density at radius 3 is 2.50 bits per heavy atom. The molecule has 0 atom stereocenters. The topological polar surface area (TPSA) is 94.9 Å². The summed E-state index contributed by atoms with van der Waals surface area (Å²) in [4.78, 5) is 23.5. The van der Waals surface area contributed by atoms with Crippen molar-refractivity contribution in [1.29, 1.82) is 0 Å². The maximum atomic E-state index is 12.7. The van der Waals surface area contributed by atoms with E-state index in [1.54, 1.807) is 13.8 Å². The van der Waals surface area contributed by atoms with Crippen molar-refractivity contribution in [1.82, 2.24) is 24.8 Å². The molecule has 1 amide bonds. The predicted octanol–water partition coefficient (Wildman–Crippen LogP) is 0.564. The van der Waals surface area contributed by atoms with Crippen LogP contribution in [0, 0.1) is 13.8 Å². The molecule has 0 aliphatic heterocycles. The molecule has 0 aliphatic rings. The third-order valence-electron chi connectivity index (χ3n) is 3.46. The van der Waals surface area contributed by atoms with E-state index in [0.717, 1.165) is 7.05 Å². The average molecular weight is 347 g/mol. The van der Waals surface area contributed by atoms with Crippen molar-refractivity contribution in [2.24, 2.45) is 7.05 Å². The Kier molecular flexibility index (Phi) is 4.81. The van der Waals surface area contributed by atoms with E-state index in [4.69, 9.17) is 4.52 Å². The van der Waals surface area contributed by atoms with E-state index in [0.29, 0.717) is 26.3 Å². The zero-order valence-corrected chi connectivity index (χ0v) is 13.3. The molecular formula is C13H16F3N5O3. The summed E-state index contributed by atoms with van der Waals surface area (Å²) in [7, 11) is 0.991. The molecule has 0 unspecified atom stereocenters. The zero-order valence-electron chi connectivity index (χ0n) is 13.3. The molecule has 0 aliphatic carbocycles. The fourth-order valence-corrected chi connectivity index (χ4v) is 2.16. The first kappa shape index (κ1) is 17.8. The lowest BCUT2D eigenvalue weighted by Crippen LogP contribution is -2.32. The van der Waals surface area contributed by atoms with Crippen LogP contribution >= 0.6 is 0 Å². The number of halogens is 3. The lowest BCUT2D eigenvalue weighted by Gasteiger charge is -2.05. The molecular weight excluding hydrogens is 331 g/mol. The van der Waals surface area contributed by atoms with Crippen molar-refractivity contribution < 1.29 is 22.5 Å². The number of rotatable bonds is 5. The summed E-state index contributed by atoms with van der Waals surface area (Å²) in [6.45, 7) is 3.17. The van der Waals surface area contributed by atoms with E-state index in [1.807, 2.05) is 0 Å². The molecule has 2 aromatic rings. The molecule has 1 N–H and O–H groups in total. The standard InChI is InChI=1S/C13H16F3N5O3/c1-7-9(8(2)24-19-7)6-10(22)17-4-5-21-12(23)20(3)11(18-21)13(14,15)16/h4-6H2,1-3H3,(H,17,22). The van der Waals surface area contributed by atoms with Gasteiger partial charge in [-0.3, -0.25) is 9.36 Å². The second kappa shape index (κ2) is 6.49. The van der Waals surface area contributed by atoms with Crippen molar-refractivity contribution in [2.75, 3.05) is 6.54 Å². The van der Waals surface area contributed by atoms with Crippen LogP contribution in [0.4, 0.5) is 13.2 Å². The Bertz CT molecular complexity index is 783. The third-order valence-corrected chi connectivity index (χ3v) is 3.46. The lowest BCUT2D eigenvalue weighted by molar-refractivity contribution is -0.147. The van der Waals surface area contributed by atoms with E-state index in [1.165, 1.54) is 0 Å². The van der Waals surface area contributed by atoms with Gasteiger partial charge >= 0.3 is 11.9 Å². The second-order valence-electron chi connectivity index (χ2n) is 5.22. The van der Waals surface area contributed by atoms with Gasteiger partial charge in [-0.15, -0.1) is 5.10 Å². The number of hydrogen-bond acceptors (Lipinski definition) is 5. The molecule has 0 spiro atoms. The first-order valence-electron chi connectivity index (χ1n) is 7.00. The fourth-order valence-electron chi connectivity index (χ4n) is 2.16. The lowest BCUT2D eigenvalue weighted by atomic mass is 10.1. The highest BCUT2D eigenvalue weighted by molar-refractivity contribution is 5.78. The van der Waals surface area contributed by atoms with E-state index >= 15 is 0 Å². The van der Waals surface area contributed by atoms with Crippen LogP contribution in [0.3, 0.4) is 0 Å². The highest BCUT2D eigenvalue weighted by atomic mass is 19.4. The van der Waals surface area contributed by atoms with Gasteiger partial charge in [-0.2, -0.15) is 13.2 Å². The molecule has 0 radical (unpaired) electrons. The Morgan fingerprint density at radius 2 is 2.00 bits per heavy atom. The molecule has 0 fully saturated rings. The average Bonchev–Trinajstić information content (AvgIpc) is 2.94. The quantitative estimate of drug-likeness (QED) is 0.853. The first-order chi connectivity index (χ1) is 11.1. The minimum atomic E-state index is -4.72. The molecule has 0 aromatic carbocycles. The number of carbonyl (C=O) groups is 1. The summed E-state index contributed by atoms with van der Waals surface area (Å²) in [6, 6.07) is 0. The summed E-state index contributed by atoms with van der Waals surface area (Å²) in [5.74, 6) is -1.11. The van der Waals surface area contributed by atoms with Crippen molar-refractivity contribution in [3.63, 3.8) is 0 Å². The molecule has 24 heavy (non-hydrogen) atoms. The van der Waals surface area contributed by atoms with Crippen LogP contribution < -0.4 is 11.0 Å². The van der Waals surface area contributed by atoms with Gasteiger partial charge in [0, 0.05) is 19.2 Å². The normalized spacial score (nSPS) is 11.8. The molecule has 132 valence electrons. The highest BCUT2D eigenvalue weighted by Gasteiger charge is 2.37. The number of nitrogens with one attached hydrogen (secondary N) is 1. The SMILES string of the molecule is Cc1noc(C)c1CC(=O)NCCn1nc(C(F)(F)F)n(C)c1=O. The molecule has 2 aromatic heterocycles. The van der Waals surface area contributed by atoms with Gasteiger partial charge in [0.25, 0.3) is 0 Å². The molecule has 0 saturated carbocycles. The molecule has 0 saturated heterocycles. The van der Waals surface area contributed by atoms with Crippen LogP contribution in [0.1, 0.15) is 22.8 Å². The fraction of sp³-hybridized carbons (Fsp3) is 0.538. The van der Waals surface area contributed by atoms with Gasteiger partial charge in [0.1, 0.15) is 5.76 Å². The van der Waals surface area contributed by atoms with E-state index in [9.17, 15) is 22.8 Å². The Morgan fingerprint density at radius 1 is 1.33 bits per heavy atom. The Labute approximate surface area is 134 Å². The largest absolute Gasteiger partial charge is 0.451 e. The second-order valence-corrected chi connectivity index (χ2v) is 5.22. The number of aryl methyl sites for hydroxylation is 2. The van der Waals surface area contributed by atoms with Crippen LogP contribution in [-0.4, -0.2) is 32.0 Å². The van der Waals surface area contributed by atoms with Crippen LogP contribution in [-0.2, 0) is 31.0 Å². The summed E-state index contributed by atoms with van der Waals surface area (Å²) >= 11 is 0. The number of nitrogens with zero attached hydrogens (tertiary/aromatic N) is 4. The van der Waals surface area contributed by atoms with Gasteiger partial charge < -0.3 is 9.84 Å². The van der Waals surface area contributed by atoms with Gasteiger partial charge in [0.2, 0.25) is 11.7 Å². The van der Waals surface area contributed by atoms with Gasteiger partial charge in [0.15, 0.2) is 0 Å². The van der Waals surface area contributed by atoms with Crippen LogP contribution in [0.2, 0.25) is 0 Å². The van der Waals surface area contributed by atoms with Crippen molar-refractivity contribution in [3.05, 3.63) is 33.3 Å². The molecule has 2 rings (SSSR count). The number of hydrogen-bond donors (Lipinski definition) is 1. The maximum absolute atomic E-state index is 12.7. The van der Waals surface area contributed by atoms with E-state index in [2.05, 4.69) is 15.6 Å². The number of alkyl halides is 3. The van der Waals surface area contributed by atoms with Crippen molar-refractivity contribution in [3.8, 4) is 0 Å².